The van der Waals surface area contributed by atoms with Gasteiger partial charge in [-0.05, 0) is 68.4 Å². The maximum Gasteiger partial charge on any atom is 0.166 e. The van der Waals surface area contributed by atoms with Crippen LogP contribution in [0.4, 0.5) is 0 Å². The van der Waals surface area contributed by atoms with Crippen LogP contribution in [0.1, 0.15) is 0 Å². The molecule has 0 unspecified atom stereocenters. The van der Waals surface area contributed by atoms with Crippen LogP contribution in [0, 0.1) is 0 Å². The highest BCUT2D eigenvalue weighted by molar-refractivity contribution is 6.17. The Hall–Kier alpha value is -6.46. The number of hydrogen-bond donors (Lipinski definition) is 0. The van der Waals surface area contributed by atoms with Crippen LogP contribution in [0.3, 0.4) is 0 Å². The molecule has 9 aromatic rings. The van der Waals surface area contributed by atoms with Crippen LogP contribution in [0.25, 0.3) is 100 Å². The summed E-state index contributed by atoms with van der Waals surface area (Å²) in [5.74, 6) is 1.76. The van der Waals surface area contributed by atoms with E-state index in [2.05, 4.69) is 77.8 Å². The van der Waals surface area contributed by atoms with Gasteiger partial charge in [-0.15, -0.1) is 0 Å². The van der Waals surface area contributed by atoms with Gasteiger partial charge in [0, 0.05) is 33.7 Å². The Kier molecular flexibility index (Phi) is 5.51. The molecule has 3 aromatic heterocycles. The molecular weight excluding hydrogens is 576 g/mol. The van der Waals surface area contributed by atoms with Gasteiger partial charge in [0.1, 0.15) is 5.58 Å². The van der Waals surface area contributed by atoms with E-state index in [0.717, 1.165) is 44.2 Å². The lowest BCUT2D eigenvalue weighted by molar-refractivity contribution is 0.667. The quantitative estimate of drug-likeness (QED) is 0.201. The molecule has 47 heavy (non-hydrogen) atoms. The molecule has 10 rings (SSSR count). The van der Waals surface area contributed by atoms with E-state index in [1.54, 1.807) is 6.20 Å². The van der Waals surface area contributed by atoms with Crippen LogP contribution in [-0.2, 0) is 0 Å². The van der Waals surface area contributed by atoms with Crippen molar-refractivity contribution in [3.63, 3.8) is 0 Å². The van der Waals surface area contributed by atoms with Crippen LogP contribution in [-0.4, -0.2) is 19.9 Å². The van der Waals surface area contributed by atoms with Crippen LogP contribution in [0.5, 0.6) is 0 Å². The standard InChI is InChI=1S/C42H24N4O/c1-3-10-25(11-4-1)40-44-41(26-12-5-2-6-13-26)46-42(45-40)35-23-43-24-37-39(35)33-19-18-27(22-36(33)47-37)29-20-28-14-9-17-32-30-15-7-8-16-31(30)34(21-29)38(28)32/h1-24H. The molecule has 0 N–H and O–H groups in total. The van der Waals surface area contributed by atoms with Crippen molar-refractivity contribution in [2.45, 2.75) is 0 Å². The lowest BCUT2D eigenvalue weighted by Crippen LogP contribution is -2.00. The molecule has 0 aliphatic heterocycles. The van der Waals surface area contributed by atoms with Gasteiger partial charge in [-0.1, -0.05) is 109 Å². The molecule has 1 aliphatic carbocycles. The van der Waals surface area contributed by atoms with Gasteiger partial charge in [0.05, 0.1) is 6.20 Å². The number of furan rings is 1. The average molecular weight is 601 g/mol. The number of aromatic nitrogens is 4. The minimum absolute atomic E-state index is 0.551. The molecule has 0 bridgehead atoms. The van der Waals surface area contributed by atoms with E-state index in [4.69, 9.17) is 19.4 Å². The third kappa shape index (κ3) is 4.03. The molecule has 0 saturated heterocycles. The Labute approximate surface area is 269 Å². The van der Waals surface area contributed by atoms with E-state index in [9.17, 15) is 0 Å². The van der Waals surface area contributed by atoms with Gasteiger partial charge in [0.15, 0.2) is 23.1 Å². The highest BCUT2D eigenvalue weighted by atomic mass is 16.3. The maximum absolute atomic E-state index is 6.48. The molecule has 0 atom stereocenters. The van der Waals surface area contributed by atoms with Gasteiger partial charge in [-0.25, -0.2) is 15.0 Å². The number of rotatable bonds is 4. The summed E-state index contributed by atoms with van der Waals surface area (Å²) >= 11 is 0. The predicted molar refractivity (Wildman–Crippen MR) is 189 cm³/mol. The summed E-state index contributed by atoms with van der Waals surface area (Å²) in [4.78, 5) is 19.4. The monoisotopic (exact) mass is 600 g/mol. The molecule has 0 spiro atoms. The number of benzene rings is 6. The number of pyridine rings is 1. The van der Waals surface area contributed by atoms with Crippen molar-refractivity contribution in [2.75, 3.05) is 0 Å². The molecule has 0 radical (unpaired) electrons. The highest BCUT2D eigenvalue weighted by Gasteiger charge is 2.23. The summed E-state index contributed by atoms with van der Waals surface area (Å²) in [5.41, 5.74) is 11.5. The molecule has 6 aromatic carbocycles. The van der Waals surface area contributed by atoms with E-state index in [1.807, 2.05) is 66.9 Å². The van der Waals surface area contributed by atoms with Gasteiger partial charge in [0.2, 0.25) is 0 Å². The van der Waals surface area contributed by atoms with Crippen molar-refractivity contribution < 1.29 is 4.42 Å². The smallest absolute Gasteiger partial charge is 0.166 e. The highest BCUT2D eigenvalue weighted by Crippen LogP contribution is 2.49. The summed E-state index contributed by atoms with van der Waals surface area (Å²) in [6, 6.07) is 46.3. The van der Waals surface area contributed by atoms with E-state index in [-0.39, 0.29) is 0 Å². The molecular formula is C42H24N4O. The number of hydrogen-bond acceptors (Lipinski definition) is 5. The lowest BCUT2D eigenvalue weighted by atomic mass is 9.95. The van der Waals surface area contributed by atoms with Crippen LogP contribution >= 0.6 is 0 Å². The van der Waals surface area contributed by atoms with Crippen molar-refractivity contribution >= 4 is 32.7 Å². The first-order chi connectivity index (χ1) is 23.3. The Bertz CT molecular complexity index is 2620. The predicted octanol–water partition coefficient (Wildman–Crippen LogP) is 10.6. The van der Waals surface area contributed by atoms with Crippen molar-refractivity contribution in [3.8, 4) is 67.5 Å². The third-order valence-corrected chi connectivity index (χ3v) is 9.14. The van der Waals surface area contributed by atoms with E-state index in [0.29, 0.717) is 23.1 Å². The fraction of sp³-hybridized carbons (Fsp3) is 0. The Balaban J connectivity index is 1.15. The Morgan fingerprint density at radius 3 is 1.79 bits per heavy atom. The second-order valence-electron chi connectivity index (χ2n) is 11.9. The molecule has 0 fully saturated rings. The second kappa shape index (κ2) is 10.0. The Morgan fingerprint density at radius 1 is 0.383 bits per heavy atom. The summed E-state index contributed by atoms with van der Waals surface area (Å²) in [6.45, 7) is 0. The average Bonchev–Trinajstić information content (AvgIpc) is 3.68. The summed E-state index contributed by atoms with van der Waals surface area (Å²) in [6.07, 6.45) is 3.59. The van der Waals surface area contributed by atoms with Gasteiger partial charge in [-0.3, -0.25) is 4.98 Å². The normalized spacial score (nSPS) is 11.8. The summed E-state index contributed by atoms with van der Waals surface area (Å²) in [5, 5.41) is 4.48. The summed E-state index contributed by atoms with van der Waals surface area (Å²) < 4.78 is 6.48. The zero-order valence-electron chi connectivity index (χ0n) is 25.1. The number of fused-ring (bicyclic) bond motifs is 6. The van der Waals surface area contributed by atoms with Crippen molar-refractivity contribution in [1.29, 1.82) is 0 Å². The van der Waals surface area contributed by atoms with Crippen molar-refractivity contribution in [3.05, 3.63) is 146 Å². The maximum atomic E-state index is 6.48. The van der Waals surface area contributed by atoms with Crippen LogP contribution < -0.4 is 0 Å². The van der Waals surface area contributed by atoms with Crippen LogP contribution in [0.2, 0.25) is 0 Å². The Morgan fingerprint density at radius 2 is 1.04 bits per heavy atom. The fourth-order valence-electron chi connectivity index (χ4n) is 6.99. The van der Waals surface area contributed by atoms with Gasteiger partial charge < -0.3 is 4.42 Å². The zero-order chi connectivity index (χ0) is 30.9. The minimum Gasteiger partial charge on any atom is -0.454 e. The van der Waals surface area contributed by atoms with Gasteiger partial charge in [-0.2, -0.15) is 0 Å². The van der Waals surface area contributed by atoms with Crippen molar-refractivity contribution in [1.82, 2.24) is 19.9 Å². The SMILES string of the molecule is c1ccc(-c2nc(-c3ccccc3)nc(-c3cncc4oc5cc(-c6cc7c8c(cccc8c6)-c6ccccc6-7)ccc5c34)n2)cc1. The molecule has 1 aliphatic rings. The molecule has 0 saturated carbocycles. The van der Waals surface area contributed by atoms with Crippen molar-refractivity contribution in [2.24, 2.45) is 0 Å². The topological polar surface area (TPSA) is 64.7 Å². The first-order valence-corrected chi connectivity index (χ1v) is 15.6. The number of nitrogens with zero attached hydrogens (tertiary/aromatic N) is 4. The fourth-order valence-corrected chi connectivity index (χ4v) is 6.99. The minimum atomic E-state index is 0.551. The van der Waals surface area contributed by atoms with E-state index in [1.165, 1.54) is 33.0 Å². The zero-order valence-corrected chi connectivity index (χ0v) is 25.1. The molecule has 218 valence electrons. The van der Waals surface area contributed by atoms with E-state index < -0.39 is 0 Å². The lowest BCUT2D eigenvalue weighted by Gasteiger charge is -2.09. The van der Waals surface area contributed by atoms with Gasteiger partial charge in [0.25, 0.3) is 0 Å². The summed E-state index contributed by atoms with van der Waals surface area (Å²) in [7, 11) is 0. The first kappa shape index (κ1) is 25.8. The molecule has 5 heteroatoms. The van der Waals surface area contributed by atoms with E-state index >= 15 is 0 Å². The molecule has 3 heterocycles. The van der Waals surface area contributed by atoms with Crippen LogP contribution in [0.15, 0.2) is 150 Å². The third-order valence-electron chi connectivity index (χ3n) is 9.14. The largest absolute Gasteiger partial charge is 0.454 e. The second-order valence-corrected chi connectivity index (χ2v) is 11.9. The molecule has 0 amide bonds. The van der Waals surface area contributed by atoms with Gasteiger partial charge >= 0.3 is 0 Å². The first-order valence-electron chi connectivity index (χ1n) is 15.6. The molecule has 5 nitrogen and oxygen atoms in total.